The van der Waals surface area contributed by atoms with Crippen LogP contribution in [0.5, 0.6) is 0 Å². The van der Waals surface area contributed by atoms with Crippen LogP contribution in [-0.2, 0) is 19.4 Å². The number of unbranched alkanes of at least 4 members (excludes halogenated alkanes) is 1. The molecular formula is C14H16O6. The lowest BCUT2D eigenvalue weighted by Gasteiger charge is -2.09. The first-order valence-electron chi connectivity index (χ1n) is 6.13. The molecule has 6 heteroatoms. The molecule has 0 saturated heterocycles. The Bertz CT molecular complexity index is 492. The van der Waals surface area contributed by atoms with Gasteiger partial charge in [-0.15, -0.1) is 0 Å². The first-order valence-corrected chi connectivity index (χ1v) is 6.13. The summed E-state index contributed by atoms with van der Waals surface area (Å²) in [6, 6.07) is 7.89. The van der Waals surface area contributed by atoms with Crippen molar-refractivity contribution >= 4 is 17.5 Å². The summed E-state index contributed by atoms with van der Waals surface area (Å²) in [5.41, 5.74) is -0.217. The zero-order chi connectivity index (χ0) is 15.0. The first kappa shape index (κ1) is 15.7. The largest absolute Gasteiger partial charge is 0.478 e. The van der Waals surface area contributed by atoms with Crippen molar-refractivity contribution in [2.75, 3.05) is 6.61 Å². The molecule has 0 spiro atoms. The van der Waals surface area contributed by atoms with Crippen LogP contribution < -0.4 is 0 Å². The number of aliphatic carboxylic acids is 2. The zero-order valence-electron chi connectivity index (χ0n) is 11.0. The molecule has 0 amide bonds. The molecule has 0 heterocycles. The summed E-state index contributed by atoms with van der Waals surface area (Å²) in [5, 5.41) is 18.3. The van der Waals surface area contributed by atoms with Gasteiger partial charge in [0.25, 0.3) is 5.76 Å². The molecule has 0 radical (unpaired) electrons. The third-order valence-electron chi connectivity index (χ3n) is 2.42. The van der Waals surface area contributed by atoms with Gasteiger partial charge in [0, 0.05) is 0 Å². The van der Waals surface area contributed by atoms with E-state index in [9.17, 15) is 14.7 Å². The maximum Gasteiger partial charge on any atom is 0.376 e. The number of hydrogen-bond acceptors (Lipinski definition) is 4. The Kier molecular flexibility index (Phi) is 6.25. The van der Waals surface area contributed by atoms with E-state index in [-0.39, 0.29) is 12.2 Å². The van der Waals surface area contributed by atoms with Gasteiger partial charge in [0.05, 0.1) is 6.61 Å². The van der Waals surface area contributed by atoms with Crippen molar-refractivity contribution in [3.63, 3.8) is 0 Å². The molecular weight excluding hydrogens is 264 g/mol. The molecule has 0 saturated carbocycles. The Morgan fingerprint density at radius 3 is 2.25 bits per heavy atom. The number of rotatable bonds is 8. The lowest BCUT2D eigenvalue weighted by molar-refractivity contribution is -0.263. The van der Waals surface area contributed by atoms with Crippen LogP contribution in [-0.4, -0.2) is 28.8 Å². The van der Waals surface area contributed by atoms with Gasteiger partial charge in [-0.25, -0.2) is 9.59 Å². The van der Waals surface area contributed by atoms with Gasteiger partial charge in [-0.1, -0.05) is 43.7 Å². The summed E-state index contributed by atoms with van der Waals surface area (Å²) >= 11 is 0. The smallest absolute Gasteiger partial charge is 0.376 e. The molecule has 1 rings (SSSR count). The summed E-state index contributed by atoms with van der Waals surface area (Å²) in [7, 11) is 0. The number of benzene rings is 1. The van der Waals surface area contributed by atoms with Crippen molar-refractivity contribution < 1.29 is 29.6 Å². The van der Waals surface area contributed by atoms with Crippen molar-refractivity contribution in [2.24, 2.45) is 0 Å². The molecule has 0 aliphatic heterocycles. The van der Waals surface area contributed by atoms with E-state index < -0.39 is 23.3 Å². The topological polar surface area (TPSA) is 93.1 Å². The molecule has 0 unspecified atom stereocenters. The van der Waals surface area contributed by atoms with Crippen LogP contribution in [0, 0.1) is 0 Å². The van der Waals surface area contributed by atoms with E-state index in [4.69, 9.17) is 9.99 Å². The second-order valence-electron chi connectivity index (χ2n) is 3.94. The van der Waals surface area contributed by atoms with E-state index in [1.54, 1.807) is 18.2 Å². The van der Waals surface area contributed by atoms with Crippen molar-refractivity contribution in [1.82, 2.24) is 0 Å². The predicted octanol–water partition coefficient (Wildman–Crippen LogP) is 2.32. The van der Waals surface area contributed by atoms with Gasteiger partial charge < -0.3 is 15.1 Å². The van der Waals surface area contributed by atoms with E-state index in [1.165, 1.54) is 12.1 Å². The van der Waals surface area contributed by atoms with E-state index >= 15 is 0 Å². The number of carbonyl (C=O) groups is 2. The van der Waals surface area contributed by atoms with Gasteiger partial charge >= 0.3 is 11.9 Å². The van der Waals surface area contributed by atoms with Crippen LogP contribution in [0.25, 0.3) is 5.57 Å². The average Bonchev–Trinajstić information content (AvgIpc) is 2.42. The highest BCUT2D eigenvalue weighted by Crippen LogP contribution is 2.20. The highest BCUT2D eigenvalue weighted by atomic mass is 17.2. The molecule has 0 bridgehead atoms. The number of carboxylic acids is 2. The van der Waals surface area contributed by atoms with Gasteiger partial charge in [0.2, 0.25) is 0 Å². The van der Waals surface area contributed by atoms with Crippen LogP contribution in [0.1, 0.15) is 25.3 Å². The van der Waals surface area contributed by atoms with Crippen molar-refractivity contribution in [3.05, 3.63) is 41.7 Å². The summed E-state index contributed by atoms with van der Waals surface area (Å²) < 4.78 is 0. The quantitative estimate of drug-likeness (QED) is 0.249. The van der Waals surface area contributed by atoms with Gasteiger partial charge in [0.15, 0.2) is 0 Å². The van der Waals surface area contributed by atoms with Crippen molar-refractivity contribution in [2.45, 2.75) is 19.8 Å². The van der Waals surface area contributed by atoms with Gasteiger partial charge in [-0.3, -0.25) is 0 Å². The Hall–Kier alpha value is -2.34. The fraction of sp³-hybridized carbons (Fsp3) is 0.286. The molecule has 1 aromatic rings. The maximum absolute atomic E-state index is 11.3. The van der Waals surface area contributed by atoms with E-state index in [2.05, 4.69) is 4.89 Å². The minimum absolute atomic E-state index is 0.189. The molecule has 108 valence electrons. The van der Waals surface area contributed by atoms with Gasteiger partial charge in [-0.05, 0) is 12.0 Å². The molecule has 0 atom stereocenters. The number of hydrogen-bond donors (Lipinski definition) is 2. The van der Waals surface area contributed by atoms with Gasteiger partial charge in [0.1, 0.15) is 5.57 Å². The van der Waals surface area contributed by atoms with Crippen LogP contribution >= 0.6 is 0 Å². The molecule has 20 heavy (non-hydrogen) atoms. The minimum Gasteiger partial charge on any atom is -0.478 e. The lowest BCUT2D eigenvalue weighted by Crippen LogP contribution is -2.14. The molecule has 2 N–H and O–H groups in total. The lowest BCUT2D eigenvalue weighted by atomic mass is 10.0. The van der Waals surface area contributed by atoms with Crippen LogP contribution in [0.3, 0.4) is 0 Å². The highest BCUT2D eigenvalue weighted by molar-refractivity contribution is 6.20. The molecule has 0 aromatic heterocycles. The standard InChI is InChI=1S/C14H16O6/c1-2-3-9-19-20-12(14(17)18)11(13(15)16)10-7-5-4-6-8-10/h4-8H,2-3,9H2,1H3,(H,15,16)(H,17,18)/b12-11-. The van der Waals surface area contributed by atoms with E-state index in [0.29, 0.717) is 6.42 Å². The third kappa shape index (κ3) is 4.40. The number of carboxylic acid groups (broad SMARTS) is 2. The van der Waals surface area contributed by atoms with Crippen LogP contribution in [0.15, 0.2) is 36.1 Å². The normalized spacial score (nSPS) is 11.7. The summed E-state index contributed by atoms with van der Waals surface area (Å²) in [6.45, 7) is 2.12. The molecule has 0 aliphatic rings. The molecule has 0 fully saturated rings. The summed E-state index contributed by atoms with van der Waals surface area (Å²) in [4.78, 5) is 31.9. The Balaban J connectivity index is 3.07. The van der Waals surface area contributed by atoms with Crippen molar-refractivity contribution in [1.29, 1.82) is 0 Å². The average molecular weight is 280 g/mol. The maximum atomic E-state index is 11.3. The monoisotopic (exact) mass is 280 g/mol. The van der Waals surface area contributed by atoms with Crippen molar-refractivity contribution in [3.8, 4) is 0 Å². The van der Waals surface area contributed by atoms with E-state index in [0.717, 1.165) is 6.42 Å². The zero-order valence-corrected chi connectivity index (χ0v) is 11.0. The third-order valence-corrected chi connectivity index (χ3v) is 2.42. The molecule has 1 aromatic carbocycles. The summed E-state index contributed by atoms with van der Waals surface area (Å²) in [6.07, 6.45) is 1.53. The minimum atomic E-state index is -1.50. The van der Waals surface area contributed by atoms with Gasteiger partial charge in [-0.2, -0.15) is 4.89 Å². The predicted molar refractivity (Wildman–Crippen MR) is 70.6 cm³/mol. The molecule has 6 nitrogen and oxygen atoms in total. The Labute approximate surface area is 116 Å². The molecule has 0 aliphatic carbocycles. The second-order valence-corrected chi connectivity index (χ2v) is 3.94. The van der Waals surface area contributed by atoms with Crippen LogP contribution in [0.2, 0.25) is 0 Å². The Morgan fingerprint density at radius 1 is 1.10 bits per heavy atom. The highest BCUT2D eigenvalue weighted by Gasteiger charge is 2.25. The SMILES string of the molecule is CCCCOO/C(C(=O)O)=C(\C(=O)O)c1ccccc1. The Morgan fingerprint density at radius 2 is 1.75 bits per heavy atom. The first-order chi connectivity index (χ1) is 9.57. The second kappa shape index (κ2) is 7.96. The van der Waals surface area contributed by atoms with E-state index in [1.807, 2.05) is 6.92 Å². The fourth-order valence-electron chi connectivity index (χ4n) is 1.44. The summed E-state index contributed by atoms with van der Waals surface area (Å²) in [5.74, 6) is -3.63. The fourth-order valence-corrected chi connectivity index (χ4v) is 1.44. The van der Waals surface area contributed by atoms with Crippen LogP contribution in [0.4, 0.5) is 0 Å².